The van der Waals surface area contributed by atoms with E-state index in [0.29, 0.717) is 28.2 Å². The van der Waals surface area contributed by atoms with E-state index in [9.17, 15) is 0 Å². The summed E-state index contributed by atoms with van der Waals surface area (Å²) in [4.78, 5) is 0. The molecule has 0 atom stereocenters. The Balaban J connectivity index is 2.53. The van der Waals surface area contributed by atoms with Crippen molar-refractivity contribution >= 4 is 58.3 Å². The Labute approximate surface area is 174 Å². The third-order valence-electron chi connectivity index (χ3n) is 3.34. The molecule has 0 bridgehead atoms. The Bertz CT molecular complexity index is 796. The molecule has 0 radical (unpaired) electrons. The van der Waals surface area contributed by atoms with Gasteiger partial charge in [0.15, 0.2) is 16.1 Å². The molecule has 0 spiro atoms. The number of rotatable bonds is 7. The third-order valence-corrected chi connectivity index (χ3v) is 3.87. The van der Waals surface area contributed by atoms with Crippen LogP contribution in [0.25, 0.3) is 0 Å². The molecule has 0 amide bonds. The van der Waals surface area contributed by atoms with Gasteiger partial charge in [-0.15, -0.1) is 10.2 Å². The topological polar surface area (TPSA) is 150 Å². The molecule has 0 unspecified atom stereocenters. The fourth-order valence-corrected chi connectivity index (χ4v) is 1.82. The summed E-state index contributed by atoms with van der Waals surface area (Å²) in [5.74, 6) is 0.283. The van der Waals surface area contributed by atoms with Crippen molar-refractivity contribution < 1.29 is 0 Å². The van der Waals surface area contributed by atoms with Gasteiger partial charge in [-0.1, -0.05) is 24.3 Å². The summed E-state index contributed by atoms with van der Waals surface area (Å²) < 4.78 is 0. The number of nitrogens with one attached hydrogen (secondary N) is 4. The second-order valence-corrected chi connectivity index (χ2v) is 6.14. The first-order valence-electron chi connectivity index (χ1n) is 8.13. The molecule has 0 aliphatic rings. The number of amidine groups is 1. The quantitative estimate of drug-likeness (QED) is 0.157. The van der Waals surface area contributed by atoms with Crippen molar-refractivity contribution in [3.05, 3.63) is 35.4 Å². The van der Waals surface area contributed by atoms with Crippen molar-refractivity contribution in [2.75, 3.05) is 7.05 Å². The molecule has 1 aromatic rings. The number of hydrazone groups is 2. The molecule has 150 valence electrons. The summed E-state index contributed by atoms with van der Waals surface area (Å²) in [6.07, 6.45) is 1.07. The van der Waals surface area contributed by atoms with Crippen LogP contribution in [-0.4, -0.2) is 40.9 Å². The van der Waals surface area contributed by atoms with Crippen molar-refractivity contribution in [1.29, 1.82) is 0 Å². The van der Waals surface area contributed by atoms with Crippen LogP contribution in [-0.2, 0) is 6.54 Å². The van der Waals surface area contributed by atoms with Crippen molar-refractivity contribution in [1.82, 2.24) is 21.5 Å². The largest absolute Gasteiger partial charge is 0.388 e. The minimum Gasteiger partial charge on any atom is -0.388 e. The SMILES string of the molecule is CNC(=S)N/N=C(C)/C(C)=N/NC(=S)NCc1ccc(/C(N)=N/N=C\N)cc1. The van der Waals surface area contributed by atoms with Crippen LogP contribution in [0.1, 0.15) is 25.0 Å². The summed E-state index contributed by atoms with van der Waals surface area (Å²) in [6.45, 7) is 4.12. The van der Waals surface area contributed by atoms with Crippen molar-refractivity contribution in [2.45, 2.75) is 20.4 Å². The van der Waals surface area contributed by atoms with E-state index in [-0.39, 0.29) is 5.84 Å². The number of nitrogens with two attached hydrogens (primary N) is 2. The lowest BCUT2D eigenvalue weighted by Crippen LogP contribution is -2.33. The maximum atomic E-state index is 5.79. The molecule has 0 aromatic heterocycles. The van der Waals surface area contributed by atoms with E-state index in [4.69, 9.17) is 35.9 Å². The molecule has 1 aromatic carbocycles. The average molecular weight is 421 g/mol. The van der Waals surface area contributed by atoms with E-state index < -0.39 is 0 Å². The molecule has 12 heteroatoms. The summed E-state index contributed by atoms with van der Waals surface area (Å²) in [5.41, 5.74) is 19.5. The molecule has 0 aliphatic carbocycles. The highest BCUT2D eigenvalue weighted by molar-refractivity contribution is 7.80. The fraction of sp³-hybridized carbons (Fsp3) is 0.250. The lowest BCUT2D eigenvalue weighted by Gasteiger charge is -2.09. The average Bonchev–Trinajstić information content (AvgIpc) is 2.72. The molecule has 0 fully saturated rings. The third kappa shape index (κ3) is 8.51. The highest BCUT2D eigenvalue weighted by Gasteiger charge is 2.01. The molecule has 10 nitrogen and oxygen atoms in total. The standard InChI is InChI=1S/C16H24N10S2/c1-10(22-25-15(27)19-3)11(2)23-26-16(28)20-8-12-4-6-13(7-5-12)14(18)24-21-9-17/h4-7,9H,8H2,1-3H3,(H2,17,21)(H2,18,24)(H2,19,25,27)(H2,20,26,28)/b22-10+,23-11+. The number of hydrogen-bond acceptors (Lipinski definition) is 6. The van der Waals surface area contributed by atoms with Gasteiger partial charge in [-0.2, -0.15) is 10.2 Å². The first kappa shape index (κ1) is 22.9. The maximum absolute atomic E-state index is 5.79. The van der Waals surface area contributed by atoms with Gasteiger partial charge < -0.3 is 22.1 Å². The van der Waals surface area contributed by atoms with Gasteiger partial charge in [0.2, 0.25) is 0 Å². The number of nitrogens with zero attached hydrogens (tertiary/aromatic N) is 4. The zero-order valence-electron chi connectivity index (χ0n) is 15.9. The van der Waals surface area contributed by atoms with Crippen LogP contribution in [0.2, 0.25) is 0 Å². The number of hydrogen-bond donors (Lipinski definition) is 6. The van der Waals surface area contributed by atoms with E-state index in [0.717, 1.165) is 17.5 Å². The van der Waals surface area contributed by atoms with Crippen molar-refractivity contribution in [3.8, 4) is 0 Å². The zero-order valence-corrected chi connectivity index (χ0v) is 17.5. The fourth-order valence-electron chi connectivity index (χ4n) is 1.66. The molecule has 1 rings (SSSR count). The van der Waals surface area contributed by atoms with Gasteiger partial charge in [0.05, 0.1) is 11.4 Å². The lowest BCUT2D eigenvalue weighted by molar-refractivity contribution is 0.867. The van der Waals surface area contributed by atoms with Gasteiger partial charge in [0.25, 0.3) is 0 Å². The van der Waals surface area contributed by atoms with Gasteiger partial charge in [0, 0.05) is 19.2 Å². The highest BCUT2D eigenvalue weighted by atomic mass is 32.1. The van der Waals surface area contributed by atoms with Gasteiger partial charge in [0.1, 0.15) is 6.34 Å². The molecule has 0 aliphatic heterocycles. The highest BCUT2D eigenvalue weighted by Crippen LogP contribution is 2.04. The Kier molecular flexibility index (Phi) is 10.1. The van der Waals surface area contributed by atoms with Crippen LogP contribution in [0.15, 0.2) is 44.7 Å². The number of benzene rings is 1. The first-order chi connectivity index (χ1) is 13.4. The molecule has 0 saturated carbocycles. The van der Waals surface area contributed by atoms with Gasteiger partial charge >= 0.3 is 0 Å². The summed E-state index contributed by atoms with van der Waals surface area (Å²) in [5, 5.41) is 22.2. The van der Waals surface area contributed by atoms with Gasteiger partial charge in [-0.25, -0.2) is 0 Å². The van der Waals surface area contributed by atoms with E-state index in [1.165, 1.54) is 0 Å². The van der Waals surface area contributed by atoms with Gasteiger partial charge in [-0.3, -0.25) is 10.9 Å². The predicted octanol–water partition coefficient (Wildman–Crippen LogP) is 0.104. The Morgan fingerprint density at radius 3 is 2.14 bits per heavy atom. The Morgan fingerprint density at radius 1 is 1.04 bits per heavy atom. The molecular weight excluding hydrogens is 396 g/mol. The summed E-state index contributed by atoms with van der Waals surface area (Å²) in [7, 11) is 1.71. The smallest absolute Gasteiger partial charge is 0.187 e. The summed E-state index contributed by atoms with van der Waals surface area (Å²) in [6, 6.07) is 7.48. The lowest BCUT2D eigenvalue weighted by atomic mass is 10.1. The maximum Gasteiger partial charge on any atom is 0.187 e. The molecular formula is C16H24N10S2. The van der Waals surface area contributed by atoms with Crippen LogP contribution < -0.4 is 33.0 Å². The normalized spacial score (nSPS) is 12.6. The van der Waals surface area contributed by atoms with Crippen molar-refractivity contribution in [2.24, 2.45) is 31.9 Å². The predicted molar refractivity (Wildman–Crippen MR) is 123 cm³/mol. The van der Waals surface area contributed by atoms with Crippen LogP contribution in [0.5, 0.6) is 0 Å². The second kappa shape index (κ2) is 12.3. The minimum absolute atomic E-state index is 0.283. The second-order valence-electron chi connectivity index (χ2n) is 5.33. The molecule has 0 heterocycles. The molecule has 8 N–H and O–H groups in total. The minimum atomic E-state index is 0.283. The van der Waals surface area contributed by atoms with Crippen LogP contribution in [0.3, 0.4) is 0 Å². The van der Waals surface area contributed by atoms with E-state index in [1.807, 2.05) is 24.3 Å². The number of thiocarbonyl (C=S) groups is 2. The Morgan fingerprint density at radius 2 is 1.61 bits per heavy atom. The molecule has 28 heavy (non-hydrogen) atoms. The van der Waals surface area contributed by atoms with Gasteiger partial charge in [-0.05, 0) is 43.8 Å². The summed E-state index contributed by atoms with van der Waals surface area (Å²) >= 11 is 10.2. The zero-order chi connectivity index (χ0) is 20.9. The van der Waals surface area contributed by atoms with Crippen LogP contribution >= 0.6 is 24.4 Å². The first-order valence-corrected chi connectivity index (χ1v) is 8.95. The van der Waals surface area contributed by atoms with Crippen LogP contribution in [0, 0.1) is 0 Å². The van der Waals surface area contributed by atoms with E-state index >= 15 is 0 Å². The van der Waals surface area contributed by atoms with Crippen LogP contribution in [0.4, 0.5) is 0 Å². The Hall–Kier alpha value is -3.12. The van der Waals surface area contributed by atoms with Crippen molar-refractivity contribution in [3.63, 3.8) is 0 Å². The van der Waals surface area contributed by atoms with E-state index in [2.05, 4.69) is 41.9 Å². The molecule has 0 saturated heterocycles. The van der Waals surface area contributed by atoms with E-state index in [1.54, 1.807) is 20.9 Å². The monoisotopic (exact) mass is 420 g/mol.